The molecule has 2 aliphatic rings. The van der Waals surface area contributed by atoms with E-state index in [9.17, 15) is 4.79 Å². The maximum Gasteiger partial charge on any atom is 0.313 e. The number of hydrogen-bond donors (Lipinski definition) is 1. The maximum atomic E-state index is 11.5. The van der Waals surface area contributed by atoms with Crippen molar-refractivity contribution in [3.63, 3.8) is 0 Å². The normalized spacial score (nSPS) is 34.2. The molecule has 0 aliphatic carbocycles. The fourth-order valence-corrected chi connectivity index (χ4v) is 3.21. The Labute approximate surface area is 123 Å². The highest BCUT2D eigenvalue weighted by Crippen LogP contribution is 2.27. The van der Waals surface area contributed by atoms with Crippen LogP contribution >= 0.6 is 0 Å². The fourth-order valence-electron chi connectivity index (χ4n) is 3.21. The molecule has 3 heteroatoms. The van der Waals surface area contributed by atoms with Gasteiger partial charge in [0.2, 0.25) is 0 Å². The summed E-state index contributed by atoms with van der Waals surface area (Å²) in [4.78, 5) is 11.5. The van der Waals surface area contributed by atoms with E-state index >= 15 is 0 Å². The van der Waals surface area contributed by atoms with Crippen molar-refractivity contribution in [2.75, 3.05) is 6.54 Å². The molecule has 3 unspecified atom stereocenters. The smallest absolute Gasteiger partial charge is 0.313 e. The van der Waals surface area contributed by atoms with Gasteiger partial charge < -0.3 is 10.1 Å². The van der Waals surface area contributed by atoms with Gasteiger partial charge in [-0.05, 0) is 44.9 Å². The van der Waals surface area contributed by atoms with Crippen molar-refractivity contribution >= 4 is 5.97 Å². The first kappa shape index (κ1) is 15.6. The summed E-state index contributed by atoms with van der Waals surface area (Å²) in [6, 6.07) is 0.590. The lowest BCUT2D eigenvalue weighted by molar-refractivity contribution is -0.184. The van der Waals surface area contributed by atoms with Gasteiger partial charge in [0.1, 0.15) is 6.10 Å². The third-order valence-corrected chi connectivity index (χ3v) is 4.49. The van der Waals surface area contributed by atoms with E-state index in [2.05, 4.69) is 24.4 Å². The summed E-state index contributed by atoms with van der Waals surface area (Å²) in [5.41, 5.74) is 0. The summed E-state index contributed by atoms with van der Waals surface area (Å²) in [7, 11) is 0. The van der Waals surface area contributed by atoms with Crippen molar-refractivity contribution in [1.29, 1.82) is 0 Å². The number of nitrogens with one attached hydrogen (secondary N) is 1. The minimum atomic E-state index is 0.0138. The SMILES string of the molecule is CCCC1CCCC/C=C\CCCC2C(=O)OC2CN1. The lowest BCUT2D eigenvalue weighted by Crippen LogP contribution is -2.51. The third-order valence-electron chi connectivity index (χ3n) is 4.49. The first-order chi connectivity index (χ1) is 9.81. The molecule has 0 aromatic carbocycles. The highest BCUT2D eigenvalue weighted by molar-refractivity contribution is 5.78. The van der Waals surface area contributed by atoms with Gasteiger partial charge in [-0.1, -0.05) is 31.9 Å². The largest absolute Gasteiger partial charge is 0.460 e. The zero-order valence-corrected chi connectivity index (χ0v) is 12.8. The maximum absolute atomic E-state index is 11.5. The molecule has 114 valence electrons. The molecule has 0 radical (unpaired) electrons. The first-order valence-corrected chi connectivity index (χ1v) is 8.40. The van der Waals surface area contributed by atoms with Crippen LogP contribution in [0.1, 0.15) is 64.7 Å². The van der Waals surface area contributed by atoms with Crippen molar-refractivity contribution in [3.8, 4) is 0 Å². The molecule has 0 aromatic rings. The van der Waals surface area contributed by atoms with Crippen LogP contribution in [-0.4, -0.2) is 24.7 Å². The van der Waals surface area contributed by atoms with Gasteiger partial charge in [-0.3, -0.25) is 4.79 Å². The Morgan fingerprint density at radius 3 is 2.75 bits per heavy atom. The zero-order chi connectivity index (χ0) is 14.2. The number of esters is 1. The molecule has 3 atom stereocenters. The highest BCUT2D eigenvalue weighted by atomic mass is 16.6. The molecule has 1 fully saturated rings. The van der Waals surface area contributed by atoms with Gasteiger partial charge in [0.15, 0.2) is 0 Å². The van der Waals surface area contributed by atoms with Gasteiger partial charge in [-0.25, -0.2) is 0 Å². The molecule has 0 bridgehead atoms. The topological polar surface area (TPSA) is 38.3 Å². The second-order valence-corrected chi connectivity index (χ2v) is 6.16. The molecular weight excluding hydrogens is 250 g/mol. The summed E-state index contributed by atoms with van der Waals surface area (Å²) in [5.74, 6) is 0.154. The molecule has 0 saturated carbocycles. The molecule has 0 spiro atoms. The molecule has 3 nitrogen and oxygen atoms in total. The van der Waals surface area contributed by atoms with E-state index in [0.717, 1.165) is 25.8 Å². The van der Waals surface area contributed by atoms with E-state index in [1.807, 2.05) is 0 Å². The van der Waals surface area contributed by atoms with E-state index in [1.54, 1.807) is 0 Å². The number of allylic oxidation sites excluding steroid dienone is 2. The minimum absolute atomic E-state index is 0.0138. The Hall–Kier alpha value is -0.830. The minimum Gasteiger partial charge on any atom is -0.460 e. The Bertz CT molecular complexity index is 327. The zero-order valence-electron chi connectivity index (χ0n) is 12.8. The predicted octanol–water partition coefficient (Wildman–Crippen LogP) is 3.59. The summed E-state index contributed by atoms with van der Waals surface area (Å²) in [6.45, 7) is 3.08. The van der Waals surface area contributed by atoms with Crippen LogP contribution in [0.25, 0.3) is 0 Å². The Balaban J connectivity index is 1.87. The van der Waals surface area contributed by atoms with Crippen molar-refractivity contribution in [3.05, 3.63) is 12.2 Å². The van der Waals surface area contributed by atoms with Gasteiger partial charge in [0, 0.05) is 12.6 Å². The molecule has 2 heterocycles. The van der Waals surface area contributed by atoms with E-state index < -0.39 is 0 Å². The lowest BCUT2D eigenvalue weighted by Gasteiger charge is -2.36. The third kappa shape index (κ3) is 4.62. The molecule has 20 heavy (non-hydrogen) atoms. The van der Waals surface area contributed by atoms with Crippen LogP contribution in [0.5, 0.6) is 0 Å². The van der Waals surface area contributed by atoms with Crippen LogP contribution in [0.15, 0.2) is 12.2 Å². The molecule has 1 saturated heterocycles. The quantitative estimate of drug-likeness (QED) is 0.620. The van der Waals surface area contributed by atoms with E-state index in [0.29, 0.717) is 6.04 Å². The standard InChI is InChI=1S/C17H29NO2/c1-2-10-14-11-8-6-4-3-5-7-9-12-15-16(13-18-14)20-17(15)19/h3,5,14-16,18H,2,4,6-13H2,1H3/b5-3-. The van der Waals surface area contributed by atoms with E-state index in [4.69, 9.17) is 4.74 Å². The van der Waals surface area contributed by atoms with E-state index in [-0.39, 0.29) is 18.0 Å². The Kier molecular flexibility index (Phi) is 6.58. The molecule has 1 N–H and O–H groups in total. The summed E-state index contributed by atoms with van der Waals surface area (Å²) >= 11 is 0. The van der Waals surface area contributed by atoms with Crippen LogP contribution in [0.2, 0.25) is 0 Å². The van der Waals surface area contributed by atoms with Crippen molar-refractivity contribution in [2.24, 2.45) is 5.92 Å². The number of carbonyl (C=O) groups is 1. The van der Waals surface area contributed by atoms with Gasteiger partial charge in [0.05, 0.1) is 5.92 Å². The number of rotatable bonds is 2. The number of ether oxygens (including phenoxy) is 1. The molecule has 0 amide bonds. The van der Waals surface area contributed by atoms with Crippen LogP contribution in [-0.2, 0) is 9.53 Å². The lowest BCUT2D eigenvalue weighted by atomic mass is 9.90. The van der Waals surface area contributed by atoms with Crippen molar-refractivity contribution in [1.82, 2.24) is 5.32 Å². The van der Waals surface area contributed by atoms with Crippen LogP contribution < -0.4 is 5.32 Å². The summed E-state index contributed by atoms with van der Waals surface area (Å²) in [5, 5.41) is 3.63. The second-order valence-electron chi connectivity index (χ2n) is 6.16. The van der Waals surface area contributed by atoms with Gasteiger partial charge >= 0.3 is 5.97 Å². The fraction of sp³-hybridized carbons (Fsp3) is 0.824. The highest BCUT2D eigenvalue weighted by Gasteiger charge is 2.41. The molecule has 2 aliphatic heterocycles. The van der Waals surface area contributed by atoms with Crippen LogP contribution in [0.4, 0.5) is 0 Å². The first-order valence-electron chi connectivity index (χ1n) is 8.40. The van der Waals surface area contributed by atoms with Crippen LogP contribution in [0, 0.1) is 5.92 Å². The average molecular weight is 279 g/mol. The van der Waals surface area contributed by atoms with Gasteiger partial charge in [-0.2, -0.15) is 0 Å². The van der Waals surface area contributed by atoms with Crippen LogP contribution in [0.3, 0.4) is 0 Å². The molecular formula is C17H29NO2. The van der Waals surface area contributed by atoms with Gasteiger partial charge in [-0.15, -0.1) is 0 Å². The summed E-state index contributed by atoms with van der Waals surface area (Å²) in [6.07, 6.45) is 15.4. The Morgan fingerprint density at radius 2 is 2.00 bits per heavy atom. The monoisotopic (exact) mass is 279 g/mol. The van der Waals surface area contributed by atoms with Crippen molar-refractivity contribution < 1.29 is 9.53 Å². The van der Waals surface area contributed by atoms with E-state index in [1.165, 1.54) is 38.5 Å². The second kappa shape index (κ2) is 8.46. The number of carbonyl (C=O) groups excluding carboxylic acids is 1. The average Bonchev–Trinajstić information content (AvgIpc) is 2.44. The summed E-state index contributed by atoms with van der Waals surface area (Å²) < 4.78 is 5.31. The number of hydrogen-bond acceptors (Lipinski definition) is 3. The predicted molar refractivity (Wildman–Crippen MR) is 81.5 cm³/mol. The molecule has 2 rings (SSSR count). The Morgan fingerprint density at radius 1 is 1.20 bits per heavy atom. The van der Waals surface area contributed by atoms with Crippen molar-refractivity contribution in [2.45, 2.75) is 76.9 Å². The number of fused-ring (bicyclic) bond motifs is 1. The van der Waals surface area contributed by atoms with Gasteiger partial charge in [0.25, 0.3) is 0 Å². The molecule has 0 aromatic heterocycles.